The second-order valence-corrected chi connectivity index (χ2v) is 11.3. The van der Waals surface area contributed by atoms with E-state index in [2.05, 4.69) is 0 Å². The van der Waals surface area contributed by atoms with Gasteiger partial charge in [-0.1, -0.05) is 146 Å². The summed E-state index contributed by atoms with van der Waals surface area (Å²) < 4.78 is 0. The molecule has 6 aromatic rings. The molecule has 0 aromatic heterocycles. The number of hydrogen-bond donors (Lipinski definition) is 0. The van der Waals surface area contributed by atoms with Crippen LogP contribution in [0.25, 0.3) is 0 Å². The molecule has 0 bridgehead atoms. The summed E-state index contributed by atoms with van der Waals surface area (Å²) in [6, 6.07) is 38.5. The number of hydrogen-bond acceptors (Lipinski definition) is 6. The van der Waals surface area contributed by atoms with Gasteiger partial charge in [0.25, 0.3) is 0 Å². The van der Waals surface area contributed by atoms with Crippen LogP contribution in [0.1, 0.15) is 95.5 Å². The van der Waals surface area contributed by atoms with Crippen molar-refractivity contribution in [1.29, 1.82) is 0 Å². The van der Waals surface area contributed by atoms with Crippen LogP contribution in [0, 0.1) is 6.92 Å². The van der Waals surface area contributed by atoms with Crippen molar-refractivity contribution in [2.45, 2.75) is 6.92 Å². The van der Waals surface area contributed by atoms with Crippen molar-refractivity contribution in [3.63, 3.8) is 0 Å². The van der Waals surface area contributed by atoms with Gasteiger partial charge in [0.05, 0.1) is 0 Å². The Kier molecular flexibility index (Phi) is 9.22. The maximum Gasteiger partial charge on any atom is 0.194 e. The van der Waals surface area contributed by atoms with Gasteiger partial charge in [0.15, 0.2) is 35.2 Å². The molecule has 6 nitrogen and oxygen atoms in total. The van der Waals surface area contributed by atoms with Gasteiger partial charge < -0.3 is 0 Å². The van der Waals surface area contributed by atoms with Crippen LogP contribution in [-0.4, -0.2) is 35.2 Å². The second-order valence-electron chi connectivity index (χ2n) is 11.3. The van der Waals surface area contributed by atoms with Gasteiger partial charge in [-0.15, -0.1) is 0 Å². The van der Waals surface area contributed by atoms with Crippen LogP contribution in [0.4, 0.5) is 0 Å². The fourth-order valence-electron chi connectivity index (χ4n) is 5.94. The van der Waals surface area contributed by atoms with Crippen molar-refractivity contribution < 1.29 is 28.8 Å². The molecule has 0 aliphatic rings. The van der Waals surface area contributed by atoms with Gasteiger partial charge >= 0.3 is 0 Å². The predicted octanol–water partition coefficient (Wildman–Crippen LogP) is 7.96. The van der Waals surface area contributed by atoms with Crippen molar-refractivity contribution in [3.05, 3.63) is 212 Å². The van der Waals surface area contributed by atoms with Crippen LogP contribution in [-0.2, 0) is 0 Å². The summed E-state index contributed by atoms with van der Waals surface area (Å²) in [5, 5.41) is 0. The summed E-state index contributed by atoms with van der Waals surface area (Å²) in [6.07, 6.45) is 0.319. The molecule has 236 valence electrons. The van der Waals surface area contributed by atoms with Gasteiger partial charge in [-0.25, -0.2) is 0 Å². The minimum Gasteiger partial charge on any atom is -0.298 e. The third-order valence-corrected chi connectivity index (χ3v) is 8.33. The van der Waals surface area contributed by atoms with E-state index in [-0.39, 0.29) is 27.8 Å². The summed E-state index contributed by atoms with van der Waals surface area (Å²) in [4.78, 5) is 87.0. The third kappa shape index (κ3) is 6.11. The SMILES string of the molecule is Cc1ccccc1C(=O)c1c(C(=O)c2ccccc2)c(C=O)c(C(=O)c2ccccc2)c(C(=O)c2ccccc2)c1C(=O)c1ccccc1. The van der Waals surface area contributed by atoms with Crippen molar-refractivity contribution in [2.75, 3.05) is 0 Å². The molecule has 0 unspecified atom stereocenters. The smallest absolute Gasteiger partial charge is 0.194 e. The van der Waals surface area contributed by atoms with E-state index >= 15 is 0 Å². The van der Waals surface area contributed by atoms with Crippen molar-refractivity contribution in [3.8, 4) is 0 Å². The van der Waals surface area contributed by atoms with Crippen LogP contribution in [0.2, 0.25) is 0 Å². The van der Waals surface area contributed by atoms with Gasteiger partial charge in [0, 0.05) is 61.2 Å². The molecule has 0 fully saturated rings. The Bertz CT molecular complexity index is 2260. The van der Waals surface area contributed by atoms with E-state index in [0.29, 0.717) is 11.8 Å². The van der Waals surface area contributed by atoms with Crippen molar-refractivity contribution >= 4 is 35.2 Å². The fourth-order valence-corrected chi connectivity index (χ4v) is 5.94. The van der Waals surface area contributed by atoms with E-state index in [4.69, 9.17) is 0 Å². The molecule has 0 saturated carbocycles. The molecule has 0 atom stereocenters. The molecule has 6 rings (SSSR count). The van der Waals surface area contributed by atoms with Crippen LogP contribution < -0.4 is 0 Å². The fraction of sp³-hybridized carbons (Fsp3) is 0.0233. The Morgan fingerprint density at radius 3 is 1.00 bits per heavy atom. The zero-order chi connectivity index (χ0) is 34.5. The zero-order valence-corrected chi connectivity index (χ0v) is 26.4. The lowest BCUT2D eigenvalue weighted by atomic mass is 9.75. The molecule has 6 aromatic carbocycles. The number of rotatable bonds is 11. The first-order chi connectivity index (χ1) is 23.8. The van der Waals surface area contributed by atoms with E-state index in [9.17, 15) is 28.8 Å². The molecule has 0 aliphatic heterocycles. The lowest BCUT2D eigenvalue weighted by Gasteiger charge is -2.23. The Hall–Kier alpha value is -6.66. The summed E-state index contributed by atoms with van der Waals surface area (Å²) in [6.45, 7) is 1.70. The highest BCUT2D eigenvalue weighted by molar-refractivity contribution is 6.35. The highest BCUT2D eigenvalue weighted by Gasteiger charge is 2.39. The molecule has 0 spiro atoms. The molecule has 0 N–H and O–H groups in total. The molecule has 0 amide bonds. The largest absolute Gasteiger partial charge is 0.298 e. The molecular formula is C43H28O6. The van der Waals surface area contributed by atoms with Crippen molar-refractivity contribution in [2.24, 2.45) is 0 Å². The van der Waals surface area contributed by atoms with Gasteiger partial charge in [-0.2, -0.15) is 0 Å². The Labute approximate surface area is 282 Å². The van der Waals surface area contributed by atoms with Gasteiger partial charge in [0.1, 0.15) is 0 Å². The Morgan fingerprint density at radius 1 is 0.367 bits per heavy atom. The van der Waals surface area contributed by atoms with Crippen LogP contribution in [0.3, 0.4) is 0 Å². The zero-order valence-electron chi connectivity index (χ0n) is 26.4. The number of carbonyl (C=O) groups is 6. The van der Waals surface area contributed by atoms with E-state index in [1.165, 1.54) is 48.5 Å². The summed E-state index contributed by atoms with van der Waals surface area (Å²) in [5.41, 5.74) is -1.47. The van der Waals surface area contributed by atoms with Gasteiger partial charge in [-0.05, 0) is 12.5 Å². The Balaban J connectivity index is 1.87. The van der Waals surface area contributed by atoms with Crippen LogP contribution in [0.5, 0.6) is 0 Å². The van der Waals surface area contributed by atoms with Gasteiger partial charge in [0.2, 0.25) is 0 Å². The standard InChI is InChI=1S/C43H28O6/c1-27-16-14-15-25-32(27)43(49)37-35(40(46)29-19-8-3-9-20-29)33(26-44)34(39(45)28-17-6-2-7-18-28)36(41(47)30-21-10-4-11-22-30)38(37)42(48)31-23-12-5-13-24-31/h2-26H,1H3. The average Bonchev–Trinajstić information content (AvgIpc) is 3.17. The molecule has 0 aliphatic carbocycles. The molecule has 0 heterocycles. The lowest BCUT2D eigenvalue weighted by Crippen LogP contribution is -2.28. The van der Waals surface area contributed by atoms with E-state index in [1.54, 1.807) is 104 Å². The van der Waals surface area contributed by atoms with Crippen LogP contribution in [0.15, 0.2) is 146 Å². The molecule has 0 saturated heterocycles. The monoisotopic (exact) mass is 640 g/mol. The van der Waals surface area contributed by atoms with E-state index < -0.39 is 62.3 Å². The quantitative estimate of drug-likeness (QED) is 0.105. The predicted molar refractivity (Wildman–Crippen MR) is 186 cm³/mol. The summed E-state index contributed by atoms with van der Waals surface area (Å²) in [7, 11) is 0. The van der Waals surface area contributed by atoms with E-state index in [0.717, 1.165) is 0 Å². The first-order valence-corrected chi connectivity index (χ1v) is 15.5. The average molecular weight is 641 g/mol. The van der Waals surface area contributed by atoms with Crippen molar-refractivity contribution in [1.82, 2.24) is 0 Å². The number of aldehydes is 1. The maximum absolute atomic E-state index is 14.9. The summed E-state index contributed by atoms with van der Waals surface area (Å²) in [5.74, 6) is -3.80. The Morgan fingerprint density at radius 2 is 0.653 bits per heavy atom. The van der Waals surface area contributed by atoms with Crippen LogP contribution >= 0.6 is 0 Å². The highest BCUT2D eigenvalue weighted by Crippen LogP contribution is 2.36. The summed E-state index contributed by atoms with van der Waals surface area (Å²) >= 11 is 0. The molecule has 0 radical (unpaired) electrons. The molecule has 49 heavy (non-hydrogen) atoms. The molecular weight excluding hydrogens is 612 g/mol. The second kappa shape index (κ2) is 14.0. The number of ketones is 5. The third-order valence-electron chi connectivity index (χ3n) is 8.33. The number of carbonyl (C=O) groups excluding carboxylic acids is 6. The minimum absolute atomic E-state index is 0.110. The number of aryl methyl sites for hydroxylation is 1. The number of benzene rings is 6. The normalized spacial score (nSPS) is 10.6. The first kappa shape index (κ1) is 32.3. The minimum atomic E-state index is -0.765. The van der Waals surface area contributed by atoms with Gasteiger partial charge in [-0.3, -0.25) is 28.8 Å². The lowest BCUT2D eigenvalue weighted by molar-refractivity contribution is 0.0970. The topological polar surface area (TPSA) is 102 Å². The van der Waals surface area contributed by atoms with E-state index in [1.807, 2.05) is 0 Å². The highest BCUT2D eigenvalue weighted by atomic mass is 16.2. The first-order valence-electron chi connectivity index (χ1n) is 15.5. The maximum atomic E-state index is 14.9. The molecule has 6 heteroatoms.